The molecule has 30 heavy (non-hydrogen) atoms. The second-order valence-corrected chi connectivity index (χ2v) is 8.38. The van der Waals surface area contributed by atoms with E-state index in [9.17, 15) is 9.18 Å². The molecule has 4 nitrogen and oxygen atoms in total. The predicted molar refractivity (Wildman–Crippen MR) is 122 cm³/mol. The zero-order valence-corrected chi connectivity index (χ0v) is 18.2. The summed E-state index contributed by atoms with van der Waals surface area (Å²) < 4.78 is 12.7. The third-order valence-electron chi connectivity index (χ3n) is 5.12. The highest BCUT2D eigenvalue weighted by Crippen LogP contribution is 2.23. The van der Waals surface area contributed by atoms with E-state index < -0.39 is 0 Å². The summed E-state index contributed by atoms with van der Waals surface area (Å²) >= 11 is 6.98. The number of hydrogen-bond acceptors (Lipinski definition) is 4. The van der Waals surface area contributed by atoms with Gasteiger partial charge in [-0.15, -0.1) is 0 Å². The Morgan fingerprint density at radius 2 is 1.83 bits per heavy atom. The van der Waals surface area contributed by atoms with Crippen LogP contribution in [0.4, 0.5) is 4.39 Å². The van der Waals surface area contributed by atoms with Crippen LogP contribution in [0.25, 0.3) is 10.9 Å². The molecule has 0 atom stereocenters. The normalized spacial score (nSPS) is 14.1. The zero-order chi connectivity index (χ0) is 21.3. The molecule has 0 radical (unpaired) electrons. The maximum absolute atomic E-state index is 12.7. The van der Waals surface area contributed by atoms with Crippen molar-refractivity contribution in [1.82, 2.24) is 10.3 Å². The van der Waals surface area contributed by atoms with Gasteiger partial charge in [0.05, 0.1) is 5.52 Å². The highest BCUT2D eigenvalue weighted by Gasteiger charge is 2.20. The second kappa shape index (κ2) is 11.3. The van der Waals surface area contributed by atoms with E-state index in [-0.39, 0.29) is 17.6 Å². The van der Waals surface area contributed by atoms with Crippen molar-refractivity contribution in [3.63, 3.8) is 0 Å². The van der Waals surface area contributed by atoms with Gasteiger partial charge in [-0.05, 0) is 72.8 Å². The topological polar surface area (TPSA) is 68.0 Å². The van der Waals surface area contributed by atoms with Crippen molar-refractivity contribution in [3.8, 4) is 0 Å². The molecule has 1 amide bonds. The number of halogens is 2. The van der Waals surface area contributed by atoms with Gasteiger partial charge < -0.3 is 5.32 Å². The van der Waals surface area contributed by atoms with E-state index in [1.165, 1.54) is 30.5 Å². The summed E-state index contributed by atoms with van der Waals surface area (Å²) in [5.74, 6) is 0.0885. The summed E-state index contributed by atoms with van der Waals surface area (Å²) in [5, 5.41) is 9.94. The fourth-order valence-corrected chi connectivity index (χ4v) is 3.95. The van der Waals surface area contributed by atoms with Gasteiger partial charge in [-0.25, -0.2) is 9.37 Å². The molecule has 0 saturated heterocycles. The number of hydrogen-bond donors (Lipinski definition) is 2. The van der Waals surface area contributed by atoms with Crippen LogP contribution in [0.3, 0.4) is 0 Å². The van der Waals surface area contributed by atoms with Crippen molar-refractivity contribution >= 4 is 40.4 Å². The second-order valence-electron chi connectivity index (χ2n) is 7.29. The Kier molecular flexibility index (Phi) is 8.49. The van der Waals surface area contributed by atoms with Crippen LogP contribution in [-0.2, 0) is 11.3 Å². The van der Waals surface area contributed by atoms with Gasteiger partial charge >= 0.3 is 0 Å². The summed E-state index contributed by atoms with van der Waals surface area (Å²) in [6.45, 7) is 0.496. The molecule has 0 spiro atoms. The lowest BCUT2D eigenvalue weighted by Gasteiger charge is -2.20. The minimum absolute atomic E-state index is 0.147. The average Bonchev–Trinajstić information content (AvgIpc) is 2.79. The van der Waals surface area contributed by atoms with Gasteiger partial charge in [0.15, 0.2) is 0 Å². The first-order valence-corrected chi connectivity index (χ1v) is 11.3. The van der Waals surface area contributed by atoms with Gasteiger partial charge in [0.25, 0.3) is 0 Å². The van der Waals surface area contributed by atoms with Gasteiger partial charge in [-0.2, -0.15) is 0 Å². The van der Waals surface area contributed by atoms with E-state index in [2.05, 4.69) is 10.3 Å². The maximum atomic E-state index is 12.7. The van der Waals surface area contributed by atoms with Crippen LogP contribution < -0.4 is 10.5 Å². The molecular weight excluding hydrogens is 421 g/mol. The average molecular weight is 446 g/mol. The van der Waals surface area contributed by atoms with Gasteiger partial charge in [-0.3, -0.25) is 9.93 Å². The number of carbonyl (C=O) groups excluding carboxylic acids is 1. The lowest BCUT2D eigenvalue weighted by Crippen LogP contribution is -2.31. The predicted octanol–water partition coefficient (Wildman–Crippen LogP) is 5.88. The first-order chi connectivity index (χ1) is 14.5. The van der Waals surface area contributed by atoms with E-state index in [0.717, 1.165) is 47.0 Å². The van der Waals surface area contributed by atoms with Gasteiger partial charge in [0, 0.05) is 22.7 Å². The summed E-state index contributed by atoms with van der Waals surface area (Å²) in [6, 6.07) is 15.8. The number of nitrogens with zero attached hydrogens (tertiary/aromatic N) is 1. The zero-order valence-electron chi connectivity index (χ0n) is 16.6. The standard InChI is InChI=1S/C14H18FNO.C9H7ClN2S/c15-13-8-6-11(7-9-13)10-16-14(17)12-4-2-1-3-5-12;10-9-4-1-6-5-7(13-11)2-3-8(6)12-9/h6-9,12H,1-5,10H2,(H,16,17);1-5H,11H2. The van der Waals surface area contributed by atoms with Crippen molar-refractivity contribution in [2.45, 2.75) is 43.5 Å². The SMILES string of the molecule is NSc1ccc2nc(Cl)ccc2c1.O=C(NCc1ccc(F)cc1)C1CCCCC1. The number of carbonyl (C=O) groups is 1. The van der Waals surface area contributed by atoms with Crippen LogP contribution >= 0.6 is 23.5 Å². The van der Waals surface area contributed by atoms with Crippen molar-refractivity contribution in [2.75, 3.05) is 0 Å². The Bertz CT molecular complexity index is 978. The van der Waals surface area contributed by atoms with Crippen LogP contribution in [0.1, 0.15) is 37.7 Å². The molecular formula is C23H25ClFN3OS. The van der Waals surface area contributed by atoms with Crippen LogP contribution in [0.2, 0.25) is 5.15 Å². The molecule has 3 N–H and O–H groups in total. The number of nitrogens with two attached hydrogens (primary N) is 1. The van der Waals surface area contributed by atoms with Crippen LogP contribution in [0.15, 0.2) is 59.5 Å². The summed E-state index contributed by atoms with van der Waals surface area (Å²) in [5.41, 5.74) is 1.83. The minimum atomic E-state index is -0.243. The van der Waals surface area contributed by atoms with Crippen molar-refractivity contribution in [1.29, 1.82) is 0 Å². The minimum Gasteiger partial charge on any atom is -0.352 e. The Balaban J connectivity index is 0.000000177. The quantitative estimate of drug-likeness (QED) is 0.389. The summed E-state index contributed by atoms with van der Waals surface area (Å²) in [6.07, 6.45) is 5.59. The Labute approximate surface area is 185 Å². The molecule has 0 bridgehead atoms. The number of aromatic nitrogens is 1. The van der Waals surface area contributed by atoms with E-state index in [1.807, 2.05) is 24.3 Å². The van der Waals surface area contributed by atoms with E-state index in [0.29, 0.717) is 11.7 Å². The number of amides is 1. The van der Waals surface area contributed by atoms with Crippen molar-refractivity contribution in [3.05, 3.63) is 71.1 Å². The molecule has 1 aliphatic carbocycles. The monoisotopic (exact) mass is 445 g/mol. The highest BCUT2D eigenvalue weighted by molar-refractivity contribution is 7.97. The van der Waals surface area contributed by atoms with Crippen molar-refractivity contribution in [2.24, 2.45) is 11.1 Å². The summed E-state index contributed by atoms with van der Waals surface area (Å²) in [4.78, 5) is 17.0. The van der Waals surface area contributed by atoms with E-state index in [1.54, 1.807) is 18.2 Å². The molecule has 158 valence electrons. The molecule has 4 rings (SSSR count). The van der Waals surface area contributed by atoms with Crippen LogP contribution in [0, 0.1) is 11.7 Å². The lowest BCUT2D eigenvalue weighted by atomic mass is 9.88. The third-order valence-corrected chi connectivity index (χ3v) is 5.86. The number of benzene rings is 2. The Morgan fingerprint density at radius 1 is 1.10 bits per heavy atom. The highest BCUT2D eigenvalue weighted by atomic mass is 35.5. The first kappa shape index (κ1) is 22.5. The number of nitrogens with one attached hydrogen (secondary N) is 1. The molecule has 7 heteroatoms. The maximum Gasteiger partial charge on any atom is 0.223 e. The molecule has 3 aromatic rings. The van der Waals surface area contributed by atoms with Crippen molar-refractivity contribution < 1.29 is 9.18 Å². The van der Waals surface area contributed by atoms with Crippen LogP contribution in [0.5, 0.6) is 0 Å². The van der Waals surface area contributed by atoms with Crippen LogP contribution in [-0.4, -0.2) is 10.9 Å². The van der Waals surface area contributed by atoms with E-state index in [4.69, 9.17) is 16.7 Å². The summed E-state index contributed by atoms with van der Waals surface area (Å²) in [7, 11) is 0. The molecule has 1 fully saturated rings. The van der Waals surface area contributed by atoms with Gasteiger partial charge in [0.1, 0.15) is 11.0 Å². The number of rotatable bonds is 4. The molecule has 1 aromatic heterocycles. The fourth-order valence-electron chi connectivity index (χ4n) is 3.45. The number of fused-ring (bicyclic) bond motifs is 1. The van der Waals surface area contributed by atoms with E-state index >= 15 is 0 Å². The largest absolute Gasteiger partial charge is 0.352 e. The Hall–Kier alpha value is -2.15. The Morgan fingerprint density at radius 3 is 2.53 bits per heavy atom. The molecule has 0 aliphatic heterocycles. The molecule has 0 unspecified atom stereocenters. The third kappa shape index (κ3) is 6.69. The lowest BCUT2D eigenvalue weighted by molar-refractivity contribution is -0.126. The fraction of sp³-hybridized carbons (Fsp3) is 0.304. The van der Waals surface area contributed by atoms with Gasteiger partial charge in [-0.1, -0.05) is 43.0 Å². The first-order valence-electron chi connectivity index (χ1n) is 10.0. The molecule has 1 saturated carbocycles. The molecule has 2 aromatic carbocycles. The van der Waals surface area contributed by atoms with Gasteiger partial charge in [0.2, 0.25) is 5.91 Å². The molecule has 1 aliphatic rings. The molecule has 1 heterocycles. The number of pyridine rings is 1. The smallest absolute Gasteiger partial charge is 0.223 e.